The standard InChI is InChI=1S/C20H19N3O4/c1-13-10-14-6-2-3-7-15(14)23(13)11-19(24)21-22-20(25)18-12-26-16-8-4-5-9-17(16)27-18/h2-10,18H,11-12H2,1H3,(H,21,24)(H,22,25). The average Bonchev–Trinajstić information content (AvgIpc) is 3.01. The number of aryl methyl sites for hydroxylation is 1. The lowest BCUT2D eigenvalue weighted by Crippen LogP contribution is -2.51. The van der Waals surface area contributed by atoms with E-state index in [4.69, 9.17) is 9.47 Å². The molecule has 7 nitrogen and oxygen atoms in total. The van der Waals surface area contributed by atoms with Gasteiger partial charge in [0.05, 0.1) is 0 Å². The maximum atomic E-state index is 12.3. The zero-order valence-electron chi connectivity index (χ0n) is 14.8. The number of carbonyl (C=O) groups is 2. The number of hydrazine groups is 1. The summed E-state index contributed by atoms with van der Waals surface area (Å²) in [5, 5.41) is 1.07. The third-order valence-corrected chi connectivity index (χ3v) is 4.45. The number of hydrogen-bond acceptors (Lipinski definition) is 4. The summed E-state index contributed by atoms with van der Waals surface area (Å²) < 4.78 is 13.0. The lowest BCUT2D eigenvalue weighted by atomic mass is 10.2. The predicted molar refractivity (Wildman–Crippen MR) is 99.3 cm³/mol. The van der Waals surface area contributed by atoms with Crippen molar-refractivity contribution < 1.29 is 19.1 Å². The van der Waals surface area contributed by atoms with Crippen LogP contribution in [0.1, 0.15) is 5.69 Å². The van der Waals surface area contributed by atoms with E-state index < -0.39 is 12.0 Å². The van der Waals surface area contributed by atoms with Crippen molar-refractivity contribution in [2.75, 3.05) is 6.61 Å². The van der Waals surface area contributed by atoms with E-state index in [9.17, 15) is 9.59 Å². The van der Waals surface area contributed by atoms with Gasteiger partial charge in [-0.15, -0.1) is 0 Å². The lowest BCUT2D eigenvalue weighted by Gasteiger charge is -2.25. The van der Waals surface area contributed by atoms with Crippen LogP contribution in [0.25, 0.3) is 10.9 Å². The SMILES string of the molecule is Cc1cc2ccccc2n1CC(=O)NNC(=O)C1COc2ccccc2O1. The van der Waals surface area contributed by atoms with Gasteiger partial charge in [0.15, 0.2) is 11.5 Å². The van der Waals surface area contributed by atoms with Crippen molar-refractivity contribution in [3.05, 3.63) is 60.3 Å². The van der Waals surface area contributed by atoms with Crippen LogP contribution in [0.2, 0.25) is 0 Å². The molecule has 4 rings (SSSR count). The Balaban J connectivity index is 1.35. The Bertz CT molecular complexity index is 1010. The summed E-state index contributed by atoms with van der Waals surface area (Å²) in [7, 11) is 0. The van der Waals surface area contributed by atoms with Gasteiger partial charge in [-0.2, -0.15) is 0 Å². The smallest absolute Gasteiger partial charge is 0.283 e. The number of nitrogens with zero attached hydrogens (tertiary/aromatic N) is 1. The zero-order valence-corrected chi connectivity index (χ0v) is 14.8. The van der Waals surface area contributed by atoms with Crippen molar-refractivity contribution in [1.82, 2.24) is 15.4 Å². The van der Waals surface area contributed by atoms with Crippen LogP contribution in [0.15, 0.2) is 54.6 Å². The van der Waals surface area contributed by atoms with Gasteiger partial charge >= 0.3 is 0 Å². The molecular weight excluding hydrogens is 346 g/mol. The van der Waals surface area contributed by atoms with Gasteiger partial charge in [-0.3, -0.25) is 20.4 Å². The molecule has 2 heterocycles. The maximum absolute atomic E-state index is 12.3. The first-order valence-corrected chi connectivity index (χ1v) is 8.64. The van der Waals surface area contributed by atoms with Crippen LogP contribution in [-0.2, 0) is 16.1 Å². The Morgan fingerprint density at radius 3 is 2.67 bits per heavy atom. The summed E-state index contributed by atoms with van der Waals surface area (Å²) in [6, 6.07) is 17.0. The molecule has 7 heteroatoms. The molecule has 1 aliphatic rings. The zero-order chi connectivity index (χ0) is 18.8. The molecule has 0 bridgehead atoms. The molecule has 0 fully saturated rings. The summed E-state index contributed by atoms with van der Waals surface area (Å²) in [6.45, 7) is 2.13. The van der Waals surface area contributed by atoms with Gasteiger partial charge in [-0.05, 0) is 36.6 Å². The topological polar surface area (TPSA) is 81.6 Å². The van der Waals surface area contributed by atoms with Crippen LogP contribution in [0.5, 0.6) is 11.5 Å². The van der Waals surface area contributed by atoms with Gasteiger partial charge in [0, 0.05) is 11.2 Å². The number of carbonyl (C=O) groups excluding carboxylic acids is 2. The van der Waals surface area contributed by atoms with Crippen LogP contribution < -0.4 is 20.3 Å². The van der Waals surface area contributed by atoms with Gasteiger partial charge in [-0.25, -0.2) is 0 Å². The van der Waals surface area contributed by atoms with Gasteiger partial charge < -0.3 is 14.0 Å². The van der Waals surface area contributed by atoms with Crippen LogP contribution in [-0.4, -0.2) is 29.1 Å². The van der Waals surface area contributed by atoms with Gasteiger partial charge in [0.2, 0.25) is 6.10 Å². The molecule has 2 amide bonds. The Labute approximate surface area is 155 Å². The number of hydrogen-bond donors (Lipinski definition) is 2. The number of benzene rings is 2. The fraction of sp³-hybridized carbons (Fsp3) is 0.200. The van der Waals surface area contributed by atoms with E-state index in [0.717, 1.165) is 16.6 Å². The molecule has 1 aromatic heterocycles. The molecule has 2 N–H and O–H groups in total. The monoisotopic (exact) mass is 365 g/mol. The quantitative estimate of drug-likeness (QED) is 0.695. The van der Waals surface area contributed by atoms with Gasteiger partial charge in [-0.1, -0.05) is 30.3 Å². The molecule has 1 atom stereocenters. The van der Waals surface area contributed by atoms with E-state index in [1.165, 1.54) is 0 Å². The number of rotatable bonds is 3. The Morgan fingerprint density at radius 2 is 1.81 bits per heavy atom. The van der Waals surface area contributed by atoms with Crippen LogP contribution in [0.3, 0.4) is 0 Å². The number of amides is 2. The summed E-state index contributed by atoms with van der Waals surface area (Å²) >= 11 is 0. The van der Waals surface area contributed by atoms with Gasteiger partial charge in [0.25, 0.3) is 11.8 Å². The molecule has 2 aromatic carbocycles. The van der Waals surface area contributed by atoms with Crippen molar-refractivity contribution >= 4 is 22.7 Å². The molecule has 0 spiro atoms. The molecule has 27 heavy (non-hydrogen) atoms. The minimum absolute atomic E-state index is 0.0834. The largest absolute Gasteiger partial charge is 0.485 e. The summed E-state index contributed by atoms with van der Waals surface area (Å²) in [5.74, 6) is 0.307. The average molecular weight is 365 g/mol. The number of para-hydroxylation sites is 3. The highest BCUT2D eigenvalue weighted by Gasteiger charge is 2.27. The predicted octanol–water partition coefficient (Wildman–Crippen LogP) is 1.94. The van der Waals surface area contributed by atoms with Crippen molar-refractivity contribution in [3.63, 3.8) is 0 Å². The second kappa shape index (κ2) is 7.03. The lowest BCUT2D eigenvalue weighted by molar-refractivity contribution is -0.135. The molecule has 0 aliphatic carbocycles. The highest BCUT2D eigenvalue weighted by atomic mass is 16.6. The Morgan fingerprint density at radius 1 is 1.07 bits per heavy atom. The third kappa shape index (κ3) is 3.44. The highest BCUT2D eigenvalue weighted by molar-refractivity contribution is 5.87. The molecule has 1 aliphatic heterocycles. The van der Waals surface area contributed by atoms with Crippen LogP contribution in [0.4, 0.5) is 0 Å². The van der Waals surface area contributed by atoms with E-state index >= 15 is 0 Å². The molecular formula is C20H19N3O4. The molecule has 0 radical (unpaired) electrons. The summed E-state index contributed by atoms with van der Waals surface area (Å²) in [5.41, 5.74) is 6.79. The number of ether oxygens (including phenoxy) is 2. The van der Waals surface area contributed by atoms with Crippen LogP contribution >= 0.6 is 0 Å². The van der Waals surface area contributed by atoms with Crippen LogP contribution in [0, 0.1) is 6.92 Å². The van der Waals surface area contributed by atoms with E-state index in [1.54, 1.807) is 18.2 Å². The first-order valence-electron chi connectivity index (χ1n) is 8.64. The normalized spacial score (nSPS) is 15.4. The van der Waals surface area contributed by atoms with Crippen molar-refractivity contribution in [1.29, 1.82) is 0 Å². The first-order chi connectivity index (χ1) is 13.1. The fourth-order valence-corrected chi connectivity index (χ4v) is 3.10. The molecule has 0 saturated carbocycles. The van der Waals surface area contributed by atoms with E-state index in [-0.39, 0.29) is 19.1 Å². The van der Waals surface area contributed by atoms with E-state index in [2.05, 4.69) is 10.9 Å². The van der Waals surface area contributed by atoms with Crippen molar-refractivity contribution in [2.24, 2.45) is 0 Å². The third-order valence-electron chi connectivity index (χ3n) is 4.45. The second-order valence-corrected chi connectivity index (χ2v) is 6.33. The van der Waals surface area contributed by atoms with Crippen molar-refractivity contribution in [2.45, 2.75) is 19.6 Å². The van der Waals surface area contributed by atoms with Gasteiger partial charge in [0.1, 0.15) is 13.2 Å². The first kappa shape index (κ1) is 17.0. The minimum atomic E-state index is -0.825. The molecule has 1 unspecified atom stereocenters. The van der Waals surface area contributed by atoms with E-state index in [1.807, 2.05) is 47.9 Å². The summed E-state index contributed by atoms with van der Waals surface area (Å²) in [6.07, 6.45) is -0.825. The fourth-order valence-electron chi connectivity index (χ4n) is 3.10. The molecule has 0 saturated heterocycles. The minimum Gasteiger partial charge on any atom is -0.485 e. The van der Waals surface area contributed by atoms with Crippen molar-refractivity contribution in [3.8, 4) is 11.5 Å². The van der Waals surface area contributed by atoms with E-state index in [0.29, 0.717) is 11.5 Å². The Kier molecular flexibility index (Phi) is 4.42. The Hall–Kier alpha value is -3.48. The number of nitrogens with one attached hydrogen (secondary N) is 2. The molecule has 138 valence electrons. The number of fused-ring (bicyclic) bond motifs is 2. The maximum Gasteiger partial charge on any atom is 0.283 e. The highest BCUT2D eigenvalue weighted by Crippen LogP contribution is 2.30. The molecule has 3 aromatic rings. The second-order valence-electron chi connectivity index (χ2n) is 6.33. The summed E-state index contributed by atoms with van der Waals surface area (Å²) in [4.78, 5) is 24.5. The number of aromatic nitrogens is 1.